The van der Waals surface area contributed by atoms with Gasteiger partial charge in [-0.25, -0.2) is 0 Å². The summed E-state index contributed by atoms with van der Waals surface area (Å²) in [5.41, 5.74) is 3.51. The second-order valence-corrected chi connectivity index (χ2v) is 9.22. The lowest BCUT2D eigenvalue weighted by Crippen LogP contribution is -2.41. The molecule has 1 aromatic carbocycles. The zero-order chi connectivity index (χ0) is 18.5. The van der Waals surface area contributed by atoms with Gasteiger partial charge in [0.05, 0.1) is 5.75 Å². The van der Waals surface area contributed by atoms with E-state index in [9.17, 15) is 4.79 Å². The molecular formula is C19H26N4OS2. The fourth-order valence-corrected chi connectivity index (χ4v) is 4.75. The molecule has 1 fully saturated rings. The summed E-state index contributed by atoms with van der Waals surface area (Å²) in [4.78, 5) is 12.2. The third-order valence-electron chi connectivity index (χ3n) is 4.95. The maximum atomic E-state index is 12.2. The van der Waals surface area contributed by atoms with Crippen molar-refractivity contribution in [2.45, 2.75) is 56.8 Å². The lowest BCUT2D eigenvalue weighted by molar-refractivity contribution is -0.119. The van der Waals surface area contributed by atoms with Crippen molar-refractivity contribution in [1.29, 1.82) is 0 Å². The van der Waals surface area contributed by atoms with E-state index in [1.165, 1.54) is 53.5 Å². The van der Waals surface area contributed by atoms with E-state index in [2.05, 4.69) is 53.7 Å². The molecule has 0 bridgehead atoms. The number of amides is 1. The molecule has 0 saturated heterocycles. The van der Waals surface area contributed by atoms with Crippen molar-refractivity contribution in [3.8, 4) is 0 Å². The lowest BCUT2D eigenvalue weighted by atomic mass is 9.86. The summed E-state index contributed by atoms with van der Waals surface area (Å²) in [6.45, 7) is 6.42. The predicted molar refractivity (Wildman–Crippen MR) is 109 cm³/mol. The molecule has 3 rings (SSSR count). The number of nitrogens with zero attached hydrogens (tertiary/aromatic N) is 2. The van der Waals surface area contributed by atoms with E-state index in [0.29, 0.717) is 17.7 Å². The third kappa shape index (κ3) is 5.20. The predicted octanol–water partition coefficient (Wildman–Crippen LogP) is 4.69. The topological polar surface area (TPSA) is 66.9 Å². The fourth-order valence-electron chi connectivity index (χ4n) is 3.17. The number of benzene rings is 1. The Hall–Kier alpha value is -1.60. The van der Waals surface area contributed by atoms with Crippen LogP contribution in [-0.2, 0) is 4.79 Å². The van der Waals surface area contributed by atoms with E-state index in [1.54, 1.807) is 0 Å². The van der Waals surface area contributed by atoms with Crippen LogP contribution in [0.2, 0.25) is 0 Å². The van der Waals surface area contributed by atoms with E-state index < -0.39 is 0 Å². The molecule has 1 aromatic heterocycles. The summed E-state index contributed by atoms with van der Waals surface area (Å²) in [6.07, 6.45) is 4.80. The molecule has 2 atom stereocenters. The zero-order valence-corrected chi connectivity index (χ0v) is 17.2. The molecule has 1 heterocycles. The first-order chi connectivity index (χ1) is 12.5. The van der Waals surface area contributed by atoms with Crippen molar-refractivity contribution in [2.24, 2.45) is 5.92 Å². The highest BCUT2D eigenvalue weighted by molar-refractivity contribution is 8.01. The maximum Gasteiger partial charge on any atom is 0.230 e. The van der Waals surface area contributed by atoms with Gasteiger partial charge in [-0.15, -0.1) is 10.2 Å². The molecule has 140 valence electrons. The van der Waals surface area contributed by atoms with Crippen molar-refractivity contribution in [3.05, 3.63) is 29.3 Å². The van der Waals surface area contributed by atoms with E-state index in [-0.39, 0.29) is 5.91 Å². The monoisotopic (exact) mass is 390 g/mol. The van der Waals surface area contributed by atoms with Crippen molar-refractivity contribution in [2.75, 3.05) is 11.1 Å². The Balaban J connectivity index is 1.48. The molecule has 2 N–H and O–H groups in total. The minimum absolute atomic E-state index is 0.0904. The molecule has 0 aliphatic heterocycles. The van der Waals surface area contributed by atoms with Crippen LogP contribution < -0.4 is 10.6 Å². The van der Waals surface area contributed by atoms with Gasteiger partial charge in [0.1, 0.15) is 0 Å². The molecule has 5 nitrogen and oxygen atoms in total. The second kappa shape index (κ2) is 8.86. The standard InChI is InChI=1S/C19H26N4OS2/c1-12-8-9-15(10-14(12)3)20-18-22-23-19(26-18)25-11-17(24)21-16-7-5-4-6-13(16)2/h8-10,13,16H,4-7,11H2,1-3H3,(H,20,22)(H,21,24)/t13-,16+/m0/s1. The Morgan fingerprint density at radius 2 is 2.04 bits per heavy atom. The highest BCUT2D eigenvalue weighted by Crippen LogP contribution is 2.28. The van der Waals surface area contributed by atoms with Crippen molar-refractivity contribution >= 4 is 39.8 Å². The van der Waals surface area contributed by atoms with Gasteiger partial charge in [-0.1, -0.05) is 48.9 Å². The van der Waals surface area contributed by atoms with E-state index in [0.717, 1.165) is 21.6 Å². The quantitative estimate of drug-likeness (QED) is 0.701. The molecule has 1 aliphatic rings. The molecular weight excluding hydrogens is 364 g/mol. The van der Waals surface area contributed by atoms with Crippen LogP contribution in [0.1, 0.15) is 43.7 Å². The third-order valence-corrected chi connectivity index (χ3v) is 6.92. The van der Waals surface area contributed by atoms with Crippen molar-refractivity contribution in [3.63, 3.8) is 0 Å². The smallest absolute Gasteiger partial charge is 0.230 e. The van der Waals surface area contributed by atoms with Gasteiger partial charge in [0.25, 0.3) is 0 Å². The van der Waals surface area contributed by atoms with Gasteiger partial charge >= 0.3 is 0 Å². The number of hydrogen-bond acceptors (Lipinski definition) is 6. The number of nitrogens with one attached hydrogen (secondary N) is 2. The first kappa shape index (κ1) is 19.2. The van der Waals surface area contributed by atoms with E-state index >= 15 is 0 Å². The summed E-state index contributed by atoms with van der Waals surface area (Å²) in [5.74, 6) is 1.06. The van der Waals surface area contributed by atoms with Crippen molar-refractivity contribution in [1.82, 2.24) is 15.5 Å². The summed E-state index contributed by atoms with van der Waals surface area (Å²) in [6, 6.07) is 6.55. The summed E-state index contributed by atoms with van der Waals surface area (Å²) < 4.78 is 0.808. The first-order valence-corrected chi connectivity index (χ1v) is 10.9. The van der Waals surface area contributed by atoms with Crippen LogP contribution >= 0.6 is 23.1 Å². The van der Waals surface area contributed by atoms with Crippen LogP contribution in [0.15, 0.2) is 22.5 Å². The summed E-state index contributed by atoms with van der Waals surface area (Å²) in [5, 5.41) is 15.6. The first-order valence-electron chi connectivity index (χ1n) is 9.11. The largest absolute Gasteiger partial charge is 0.352 e. The Kier molecular flexibility index (Phi) is 6.53. The summed E-state index contributed by atoms with van der Waals surface area (Å²) in [7, 11) is 0. The Labute approximate surface area is 163 Å². The van der Waals surface area contributed by atoms with Gasteiger partial charge in [0.15, 0.2) is 4.34 Å². The zero-order valence-electron chi connectivity index (χ0n) is 15.5. The molecule has 1 aliphatic carbocycles. The highest BCUT2D eigenvalue weighted by atomic mass is 32.2. The number of thioether (sulfide) groups is 1. The van der Waals surface area contributed by atoms with Crippen LogP contribution in [0.4, 0.5) is 10.8 Å². The fraction of sp³-hybridized carbons (Fsp3) is 0.526. The molecule has 2 aromatic rings. The minimum Gasteiger partial charge on any atom is -0.352 e. The van der Waals surface area contributed by atoms with Gasteiger partial charge in [-0.05, 0) is 55.9 Å². The number of carbonyl (C=O) groups is 1. The minimum atomic E-state index is 0.0904. The van der Waals surface area contributed by atoms with E-state index in [4.69, 9.17) is 0 Å². The normalized spacial score (nSPS) is 20.0. The lowest BCUT2D eigenvalue weighted by Gasteiger charge is -2.29. The van der Waals surface area contributed by atoms with Crippen LogP contribution in [0.5, 0.6) is 0 Å². The molecule has 26 heavy (non-hydrogen) atoms. The molecule has 7 heteroatoms. The van der Waals surface area contributed by atoms with Gasteiger partial charge in [-0.3, -0.25) is 4.79 Å². The summed E-state index contributed by atoms with van der Waals surface area (Å²) >= 11 is 2.92. The molecule has 1 amide bonds. The number of aryl methyl sites for hydroxylation is 2. The number of rotatable bonds is 6. The van der Waals surface area contributed by atoms with Crippen LogP contribution in [0.25, 0.3) is 0 Å². The average molecular weight is 391 g/mol. The van der Waals surface area contributed by atoms with Gasteiger partial charge in [0.2, 0.25) is 11.0 Å². The SMILES string of the molecule is Cc1ccc(Nc2nnc(SCC(=O)N[C@@H]3CCCC[C@@H]3C)s2)cc1C. The number of aromatic nitrogens is 2. The molecule has 1 saturated carbocycles. The van der Waals surface area contributed by atoms with Crippen LogP contribution in [0.3, 0.4) is 0 Å². The van der Waals surface area contributed by atoms with Gasteiger partial charge < -0.3 is 10.6 Å². The van der Waals surface area contributed by atoms with Gasteiger partial charge in [0, 0.05) is 11.7 Å². The molecule has 0 unspecified atom stereocenters. The molecule has 0 spiro atoms. The number of carbonyl (C=O) groups excluding carboxylic acids is 1. The Morgan fingerprint density at radius 3 is 2.81 bits per heavy atom. The Bertz CT molecular complexity index is 762. The Morgan fingerprint density at radius 1 is 1.23 bits per heavy atom. The van der Waals surface area contributed by atoms with Crippen LogP contribution in [0, 0.1) is 19.8 Å². The second-order valence-electron chi connectivity index (χ2n) is 7.02. The number of anilines is 2. The van der Waals surface area contributed by atoms with Gasteiger partial charge in [-0.2, -0.15) is 0 Å². The van der Waals surface area contributed by atoms with Crippen molar-refractivity contribution < 1.29 is 4.79 Å². The highest BCUT2D eigenvalue weighted by Gasteiger charge is 2.22. The molecule has 0 radical (unpaired) electrons. The van der Waals surface area contributed by atoms with E-state index in [1.807, 2.05) is 6.07 Å². The maximum absolute atomic E-state index is 12.2. The van der Waals surface area contributed by atoms with Crippen LogP contribution in [-0.4, -0.2) is 27.9 Å². The number of hydrogen-bond donors (Lipinski definition) is 2. The average Bonchev–Trinajstić information content (AvgIpc) is 3.06.